The SMILES string of the molecule is C=C/C=C(\C)CNO. The maximum absolute atomic E-state index is 8.14. The van der Waals surface area contributed by atoms with Gasteiger partial charge in [-0.3, -0.25) is 0 Å². The Hall–Kier alpha value is -0.600. The number of hydroxylamine groups is 1. The van der Waals surface area contributed by atoms with E-state index in [-0.39, 0.29) is 0 Å². The molecule has 0 unspecified atom stereocenters. The van der Waals surface area contributed by atoms with Crippen molar-refractivity contribution in [3.05, 3.63) is 24.3 Å². The fraction of sp³-hybridized carbons (Fsp3) is 0.333. The van der Waals surface area contributed by atoms with Crippen LogP contribution in [0.5, 0.6) is 0 Å². The minimum atomic E-state index is 0.506. The fourth-order valence-corrected chi connectivity index (χ4v) is 0.385. The van der Waals surface area contributed by atoms with Gasteiger partial charge in [0.1, 0.15) is 0 Å². The van der Waals surface area contributed by atoms with Gasteiger partial charge in [0.15, 0.2) is 0 Å². The highest BCUT2D eigenvalue weighted by atomic mass is 16.5. The normalized spacial score (nSPS) is 11.5. The molecule has 0 saturated heterocycles. The Labute approximate surface area is 49.5 Å². The third-order valence-corrected chi connectivity index (χ3v) is 0.760. The lowest BCUT2D eigenvalue weighted by Crippen LogP contribution is -2.09. The molecule has 0 fully saturated rings. The first-order valence-corrected chi connectivity index (χ1v) is 2.46. The van der Waals surface area contributed by atoms with Crippen LogP contribution in [0.4, 0.5) is 0 Å². The molecule has 2 N–H and O–H groups in total. The van der Waals surface area contributed by atoms with Crippen LogP contribution in [0.3, 0.4) is 0 Å². The van der Waals surface area contributed by atoms with Gasteiger partial charge in [-0.15, -0.1) is 0 Å². The van der Waals surface area contributed by atoms with Crippen LogP contribution < -0.4 is 5.48 Å². The van der Waals surface area contributed by atoms with E-state index in [9.17, 15) is 0 Å². The standard InChI is InChI=1S/C6H11NO/c1-3-4-6(2)5-7-8/h3-4,7-8H,1,5H2,2H3/b6-4+. The lowest BCUT2D eigenvalue weighted by atomic mass is 10.3. The Morgan fingerprint density at radius 1 is 1.88 bits per heavy atom. The first kappa shape index (κ1) is 7.40. The van der Waals surface area contributed by atoms with Gasteiger partial charge in [-0.2, -0.15) is 0 Å². The molecule has 0 spiro atoms. The molecule has 0 aromatic rings. The molecule has 0 saturated carbocycles. The molecule has 46 valence electrons. The van der Waals surface area contributed by atoms with Crippen LogP contribution in [0.25, 0.3) is 0 Å². The molecule has 0 aromatic heterocycles. The largest absolute Gasteiger partial charge is 0.317 e. The van der Waals surface area contributed by atoms with Crippen LogP contribution >= 0.6 is 0 Å². The lowest BCUT2D eigenvalue weighted by Gasteiger charge is -1.93. The average Bonchev–Trinajstić information content (AvgIpc) is 1.68. The molecule has 0 radical (unpaired) electrons. The second-order valence-corrected chi connectivity index (χ2v) is 1.58. The van der Waals surface area contributed by atoms with Crippen LogP contribution in [-0.4, -0.2) is 11.8 Å². The van der Waals surface area contributed by atoms with Crippen LogP contribution in [0.1, 0.15) is 6.92 Å². The Kier molecular flexibility index (Phi) is 4.21. The van der Waals surface area contributed by atoms with Gasteiger partial charge in [0, 0.05) is 6.54 Å². The summed E-state index contributed by atoms with van der Waals surface area (Å²) in [5.74, 6) is 0. The van der Waals surface area contributed by atoms with Crippen molar-refractivity contribution in [1.29, 1.82) is 0 Å². The van der Waals surface area contributed by atoms with E-state index in [0.717, 1.165) is 5.57 Å². The second-order valence-electron chi connectivity index (χ2n) is 1.58. The number of allylic oxidation sites excluding steroid dienone is 2. The molecule has 0 aliphatic rings. The molecule has 0 rings (SSSR count). The molecule has 0 aromatic carbocycles. The van der Waals surface area contributed by atoms with Gasteiger partial charge in [-0.25, -0.2) is 5.48 Å². The quantitative estimate of drug-likeness (QED) is 0.424. The molecule has 2 heteroatoms. The molecule has 0 amide bonds. The highest BCUT2D eigenvalue weighted by molar-refractivity contribution is 5.08. The van der Waals surface area contributed by atoms with Crippen molar-refractivity contribution in [1.82, 2.24) is 5.48 Å². The van der Waals surface area contributed by atoms with E-state index in [1.54, 1.807) is 6.08 Å². The maximum Gasteiger partial charge on any atom is 0.0418 e. The van der Waals surface area contributed by atoms with Crippen molar-refractivity contribution < 1.29 is 5.21 Å². The van der Waals surface area contributed by atoms with Crippen LogP contribution in [0.15, 0.2) is 24.3 Å². The van der Waals surface area contributed by atoms with E-state index in [1.165, 1.54) is 0 Å². The summed E-state index contributed by atoms with van der Waals surface area (Å²) in [7, 11) is 0. The van der Waals surface area contributed by atoms with Gasteiger partial charge in [-0.1, -0.05) is 24.3 Å². The minimum absolute atomic E-state index is 0.506. The first-order valence-electron chi connectivity index (χ1n) is 2.46. The highest BCUT2D eigenvalue weighted by Gasteiger charge is 1.80. The van der Waals surface area contributed by atoms with E-state index in [4.69, 9.17) is 5.21 Å². The monoisotopic (exact) mass is 113 g/mol. The van der Waals surface area contributed by atoms with Crippen molar-refractivity contribution >= 4 is 0 Å². The molecule has 2 nitrogen and oxygen atoms in total. The zero-order chi connectivity index (χ0) is 6.41. The highest BCUT2D eigenvalue weighted by Crippen LogP contribution is 1.87. The van der Waals surface area contributed by atoms with Gasteiger partial charge in [-0.05, 0) is 6.92 Å². The summed E-state index contributed by atoms with van der Waals surface area (Å²) in [6.45, 7) is 5.91. The topological polar surface area (TPSA) is 32.3 Å². The van der Waals surface area contributed by atoms with E-state index in [0.29, 0.717) is 6.54 Å². The molecule has 0 aliphatic heterocycles. The predicted molar refractivity (Wildman–Crippen MR) is 33.7 cm³/mol. The zero-order valence-corrected chi connectivity index (χ0v) is 5.02. The molecule has 0 bridgehead atoms. The van der Waals surface area contributed by atoms with Gasteiger partial charge < -0.3 is 5.21 Å². The minimum Gasteiger partial charge on any atom is -0.317 e. The van der Waals surface area contributed by atoms with E-state index in [2.05, 4.69) is 6.58 Å². The van der Waals surface area contributed by atoms with E-state index >= 15 is 0 Å². The maximum atomic E-state index is 8.14. The van der Waals surface area contributed by atoms with Gasteiger partial charge in [0.05, 0.1) is 0 Å². The summed E-state index contributed by atoms with van der Waals surface area (Å²) in [5.41, 5.74) is 3.09. The van der Waals surface area contributed by atoms with Crippen LogP contribution in [-0.2, 0) is 0 Å². The first-order chi connectivity index (χ1) is 3.81. The van der Waals surface area contributed by atoms with Gasteiger partial charge in [0.2, 0.25) is 0 Å². The third-order valence-electron chi connectivity index (χ3n) is 0.760. The van der Waals surface area contributed by atoms with Gasteiger partial charge >= 0.3 is 0 Å². The number of hydrogen-bond donors (Lipinski definition) is 2. The average molecular weight is 113 g/mol. The fourth-order valence-electron chi connectivity index (χ4n) is 0.385. The molecule has 0 atom stereocenters. The molecule has 8 heavy (non-hydrogen) atoms. The van der Waals surface area contributed by atoms with Crippen molar-refractivity contribution in [2.45, 2.75) is 6.92 Å². The van der Waals surface area contributed by atoms with Crippen molar-refractivity contribution in [3.8, 4) is 0 Å². The van der Waals surface area contributed by atoms with E-state index in [1.807, 2.05) is 18.5 Å². The Morgan fingerprint density at radius 3 is 2.88 bits per heavy atom. The summed E-state index contributed by atoms with van der Waals surface area (Å²) in [4.78, 5) is 0. The smallest absolute Gasteiger partial charge is 0.0418 e. The lowest BCUT2D eigenvalue weighted by molar-refractivity contribution is 0.177. The summed E-state index contributed by atoms with van der Waals surface area (Å²) in [5, 5.41) is 8.14. The zero-order valence-electron chi connectivity index (χ0n) is 5.02. The van der Waals surface area contributed by atoms with Crippen molar-refractivity contribution in [2.24, 2.45) is 0 Å². The number of hydrogen-bond acceptors (Lipinski definition) is 2. The predicted octanol–water partition coefficient (Wildman–Crippen LogP) is 1.10. The second kappa shape index (κ2) is 4.56. The van der Waals surface area contributed by atoms with E-state index < -0.39 is 0 Å². The third kappa shape index (κ3) is 3.59. The summed E-state index contributed by atoms with van der Waals surface area (Å²) in [6, 6.07) is 0. The molecular formula is C6H11NO. The molecular weight excluding hydrogens is 102 g/mol. The summed E-state index contributed by atoms with van der Waals surface area (Å²) < 4.78 is 0. The molecule has 0 heterocycles. The summed E-state index contributed by atoms with van der Waals surface area (Å²) in [6.07, 6.45) is 3.52. The Bertz CT molecular complexity index is 96.7. The molecule has 0 aliphatic carbocycles. The summed E-state index contributed by atoms with van der Waals surface area (Å²) >= 11 is 0. The Balaban J connectivity index is 3.44. The van der Waals surface area contributed by atoms with Gasteiger partial charge in [0.25, 0.3) is 0 Å². The van der Waals surface area contributed by atoms with Crippen molar-refractivity contribution in [3.63, 3.8) is 0 Å². The Morgan fingerprint density at radius 2 is 2.50 bits per heavy atom. The number of rotatable bonds is 3. The van der Waals surface area contributed by atoms with Crippen LogP contribution in [0, 0.1) is 0 Å². The number of nitrogens with one attached hydrogen (secondary N) is 1. The van der Waals surface area contributed by atoms with Crippen molar-refractivity contribution in [2.75, 3.05) is 6.54 Å². The van der Waals surface area contributed by atoms with Crippen LogP contribution in [0.2, 0.25) is 0 Å².